The summed E-state index contributed by atoms with van der Waals surface area (Å²) in [6.45, 7) is 7.69. The van der Waals surface area contributed by atoms with Gasteiger partial charge in [0.15, 0.2) is 0 Å². The van der Waals surface area contributed by atoms with Crippen LogP contribution in [0.5, 0.6) is 0 Å². The molecular weight excluding hydrogens is 254 g/mol. The van der Waals surface area contributed by atoms with Crippen LogP contribution in [-0.2, 0) is 6.54 Å². The van der Waals surface area contributed by atoms with E-state index in [-0.39, 0.29) is 0 Å². The minimum Gasteiger partial charge on any atom is -0.399 e. The van der Waals surface area contributed by atoms with Gasteiger partial charge in [-0.05, 0) is 30.9 Å². The van der Waals surface area contributed by atoms with Gasteiger partial charge in [0.2, 0.25) is 0 Å². The standard InChI is InChI=1S/C15H23N3S/c1-10(2)15-17-13-9-12(16)5-6-14(13)18(15)8-7-11(3)19-4/h5-6,9-11H,7-8,16H2,1-4H3. The Morgan fingerprint density at radius 2 is 2.05 bits per heavy atom. The summed E-state index contributed by atoms with van der Waals surface area (Å²) in [6, 6.07) is 6.02. The van der Waals surface area contributed by atoms with E-state index in [2.05, 4.69) is 37.7 Å². The van der Waals surface area contributed by atoms with Crippen LogP contribution >= 0.6 is 11.8 Å². The number of nitrogens with two attached hydrogens (primary N) is 1. The number of hydrogen-bond donors (Lipinski definition) is 1. The van der Waals surface area contributed by atoms with Crippen LogP contribution in [0.1, 0.15) is 38.9 Å². The summed E-state index contributed by atoms with van der Waals surface area (Å²) in [5, 5.41) is 0.672. The Balaban J connectivity index is 2.40. The molecule has 0 aliphatic rings. The molecule has 0 spiro atoms. The number of aromatic nitrogens is 2. The van der Waals surface area contributed by atoms with Gasteiger partial charge in [0.25, 0.3) is 0 Å². The Kier molecular flexibility index (Phi) is 4.40. The Hall–Kier alpha value is -1.16. The van der Waals surface area contributed by atoms with Crippen LogP contribution < -0.4 is 5.73 Å². The largest absolute Gasteiger partial charge is 0.399 e. The molecule has 0 fully saturated rings. The lowest BCUT2D eigenvalue weighted by Crippen LogP contribution is -2.09. The number of fused-ring (bicyclic) bond motifs is 1. The number of aryl methyl sites for hydroxylation is 1. The van der Waals surface area contributed by atoms with Crippen molar-refractivity contribution in [2.24, 2.45) is 0 Å². The topological polar surface area (TPSA) is 43.8 Å². The number of nitrogens with zero attached hydrogens (tertiary/aromatic N) is 2. The van der Waals surface area contributed by atoms with Gasteiger partial charge in [0.1, 0.15) is 5.82 Å². The van der Waals surface area contributed by atoms with Gasteiger partial charge in [-0.15, -0.1) is 0 Å². The second kappa shape index (κ2) is 5.87. The molecule has 0 amide bonds. The van der Waals surface area contributed by atoms with Gasteiger partial charge < -0.3 is 10.3 Å². The summed E-state index contributed by atoms with van der Waals surface area (Å²) in [6.07, 6.45) is 3.33. The van der Waals surface area contributed by atoms with Crippen molar-refractivity contribution < 1.29 is 0 Å². The Labute approximate surface area is 119 Å². The van der Waals surface area contributed by atoms with E-state index in [0.717, 1.165) is 30.0 Å². The lowest BCUT2D eigenvalue weighted by molar-refractivity contribution is 0.601. The van der Waals surface area contributed by atoms with Crippen molar-refractivity contribution in [3.63, 3.8) is 0 Å². The highest BCUT2D eigenvalue weighted by molar-refractivity contribution is 7.99. The zero-order chi connectivity index (χ0) is 14.0. The Morgan fingerprint density at radius 3 is 2.68 bits per heavy atom. The Morgan fingerprint density at radius 1 is 1.32 bits per heavy atom. The number of nitrogen functional groups attached to an aromatic ring is 1. The number of rotatable bonds is 5. The zero-order valence-electron chi connectivity index (χ0n) is 12.2. The fourth-order valence-electron chi connectivity index (χ4n) is 2.27. The zero-order valence-corrected chi connectivity index (χ0v) is 13.0. The number of imidazole rings is 1. The molecule has 0 saturated heterocycles. The van der Waals surface area contributed by atoms with Gasteiger partial charge in [-0.1, -0.05) is 20.8 Å². The van der Waals surface area contributed by atoms with Crippen LogP contribution in [0, 0.1) is 0 Å². The average molecular weight is 277 g/mol. The van der Waals surface area contributed by atoms with E-state index in [0.29, 0.717) is 11.2 Å². The first-order valence-corrected chi connectivity index (χ1v) is 8.10. The molecule has 0 bridgehead atoms. The van der Waals surface area contributed by atoms with E-state index in [9.17, 15) is 0 Å². The van der Waals surface area contributed by atoms with Gasteiger partial charge >= 0.3 is 0 Å². The van der Waals surface area contributed by atoms with Crippen LogP contribution in [-0.4, -0.2) is 21.1 Å². The molecule has 0 aliphatic heterocycles. The molecule has 1 heterocycles. The predicted molar refractivity (Wildman–Crippen MR) is 85.8 cm³/mol. The van der Waals surface area contributed by atoms with Gasteiger partial charge in [-0.25, -0.2) is 4.98 Å². The van der Waals surface area contributed by atoms with E-state index in [1.807, 2.05) is 23.9 Å². The van der Waals surface area contributed by atoms with Crippen molar-refractivity contribution in [2.75, 3.05) is 12.0 Å². The maximum Gasteiger partial charge on any atom is 0.112 e. The molecule has 2 N–H and O–H groups in total. The molecule has 4 heteroatoms. The third-order valence-corrected chi connectivity index (χ3v) is 4.52. The lowest BCUT2D eigenvalue weighted by Gasteiger charge is -2.14. The van der Waals surface area contributed by atoms with Crippen LogP contribution in [0.4, 0.5) is 5.69 Å². The highest BCUT2D eigenvalue weighted by Crippen LogP contribution is 2.25. The molecule has 0 radical (unpaired) electrons. The minimum atomic E-state index is 0.429. The SMILES string of the molecule is CSC(C)CCn1c(C(C)C)nc2cc(N)ccc21. The molecular formula is C15H23N3S. The summed E-state index contributed by atoms with van der Waals surface area (Å²) in [4.78, 5) is 4.75. The van der Waals surface area contributed by atoms with E-state index in [1.165, 1.54) is 5.52 Å². The van der Waals surface area contributed by atoms with Crippen molar-refractivity contribution in [1.29, 1.82) is 0 Å². The first kappa shape index (κ1) is 14.3. The van der Waals surface area contributed by atoms with Crippen molar-refractivity contribution in [1.82, 2.24) is 9.55 Å². The monoisotopic (exact) mass is 277 g/mol. The fourth-order valence-corrected chi connectivity index (χ4v) is 2.61. The molecule has 2 rings (SSSR count). The van der Waals surface area contributed by atoms with E-state index >= 15 is 0 Å². The molecule has 1 aromatic carbocycles. The summed E-state index contributed by atoms with van der Waals surface area (Å²) in [7, 11) is 0. The fraction of sp³-hybridized carbons (Fsp3) is 0.533. The molecule has 0 aliphatic carbocycles. The van der Waals surface area contributed by atoms with Gasteiger partial charge in [-0.2, -0.15) is 11.8 Å². The average Bonchev–Trinajstić information content (AvgIpc) is 2.73. The molecule has 1 atom stereocenters. The third kappa shape index (κ3) is 3.06. The van der Waals surface area contributed by atoms with Crippen molar-refractivity contribution in [3.05, 3.63) is 24.0 Å². The van der Waals surface area contributed by atoms with Crippen LogP contribution in [0.2, 0.25) is 0 Å². The second-order valence-electron chi connectivity index (χ2n) is 5.36. The number of benzene rings is 1. The van der Waals surface area contributed by atoms with Gasteiger partial charge in [0.05, 0.1) is 11.0 Å². The number of hydrogen-bond acceptors (Lipinski definition) is 3. The molecule has 19 heavy (non-hydrogen) atoms. The number of thioether (sulfide) groups is 1. The number of anilines is 1. The molecule has 1 unspecified atom stereocenters. The van der Waals surface area contributed by atoms with E-state index in [4.69, 9.17) is 10.7 Å². The third-order valence-electron chi connectivity index (χ3n) is 3.48. The predicted octanol–water partition coefficient (Wildman–Crippen LogP) is 3.88. The molecule has 1 aromatic heterocycles. The molecule has 104 valence electrons. The molecule has 0 saturated carbocycles. The van der Waals surface area contributed by atoms with Crippen molar-refractivity contribution in [2.45, 2.75) is 44.9 Å². The smallest absolute Gasteiger partial charge is 0.112 e. The first-order chi connectivity index (χ1) is 9.02. The van der Waals surface area contributed by atoms with Crippen molar-refractivity contribution >= 4 is 28.5 Å². The minimum absolute atomic E-state index is 0.429. The van der Waals surface area contributed by atoms with Crippen LogP contribution in [0.25, 0.3) is 11.0 Å². The van der Waals surface area contributed by atoms with Gasteiger partial charge in [-0.3, -0.25) is 0 Å². The van der Waals surface area contributed by atoms with Gasteiger partial charge in [0, 0.05) is 23.4 Å². The normalized spacial score (nSPS) is 13.3. The van der Waals surface area contributed by atoms with Crippen LogP contribution in [0.15, 0.2) is 18.2 Å². The maximum absolute atomic E-state index is 5.85. The first-order valence-electron chi connectivity index (χ1n) is 6.81. The van der Waals surface area contributed by atoms with Crippen molar-refractivity contribution in [3.8, 4) is 0 Å². The maximum atomic E-state index is 5.85. The van der Waals surface area contributed by atoms with Crippen LogP contribution in [0.3, 0.4) is 0 Å². The molecule has 3 nitrogen and oxygen atoms in total. The Bertz CT molecular complexity index is 560. The summed E-state index contributed by atoms with van der Waals surface area (Å²) < 4.78 is 2.35. The summed E-state index contributed by atoms with van der Waals surface area (Å²) in [5.41, 5.74) is 8.85. The van der Waals surface area contributed by atoms with E-state index in [1.54, 1.807) is 0 Å². The highest BCUT2D eigenvalue weighted by atomic mass is 32.2. The van der Waals surface area contributed by atoms with E-state index < -0.39 is 0 Å². The lowest BCUT2D eigenvalue weighted by atomic mass is 10.2. The summed E-state index contributed by atoms with van der Waals surface area (Å²) in [5.74, 6) is 1.59. The quantitative estimate of drug-likeness (QED) is 0.843. The molecule has 2 aromatic rings. The summed E-state index contributed by atoms with van der Waals surface area (Å²) >= 11 is 1.91. The second-order valence-corrected chi connectivity index (χ2v) is 6.64. The highest BCUT2D eigenvalue weighted by Gasteiger charge is 2.14.